The molecule has 3 heterocycles. The molecule has 2 aromatic rings. The third-order valence-corrected chi connectivity index (χ3v) is 4.80. The fourth-order valence-corrected chi connectivity index (χ4v) is 3.67. The van der Waals surface area contributed by atoms with Crippen LogP contribution >= 0.6 is 11.3 Å². The smallest absolute Gasteiger partial charge is 0.308 e. The van der Waals surface area contributed by atoms with Crippen molar-refractivity contribution in [3.05, 3.63) is 22.1 Å². The number of carbonyl (C=O) groups is 1. The predicted molar refractivity (Wildman–Crippen MR) is 83.7 cm³/mol. The molecule has 8 heteroatoms. The van der Waals surface area contributed by atoms with Gasteiger partial charge in [-0.15, -0.1) is 5.10 Å². The first-order valence-corrected chi connectivity index (χ1v) is 8.27. The Kier molecular flexibility index (Phi) is 4.10. The molecule has 1 atom stereocenters. The fourth-order valence-electron chi connectivity index (χ4n) is 2.71. The van der Waals surface area contributed by atoms with Crippen LogP contribution in [0.5, 0.6) is 0 Å². The van der Waals surface area contributed by atoms with Crippen molar-refractivity contribution in [2.24, 2.45) is 5.92 Å². The maximum absolute atomic E-state index is 12.1. The number of fused-ring (bicyclic) bond motifs is 1. The minimum atomic E-state index is -0.772. The molecule has 0 aromatic carbocycles. The maximum Gasteiger partial charge on any atom is 0.308 e. The van der Waals surface area contributed by atoms with E-state index in [-0.39, 0.29) is 11.5 Å². The Balaban J connectivity index is 1.93. The van der Waals surface area contributed by atoms with E-state index in [0.717, 1.165) is 31.5 Å². The summed E-state index contributed by atoms with van der Waals surface area (Å²) < 4.78 is 1.31. The van der Waals surface area contributed by atoms with E-state index >= 15 is 0 Å². The van der Waals surface area contributed by atoms with E-state index in [4.69, 9.17) is 0 Å². The van der Waals surface area contributed by atoms with E-state index in [1.165, 1.54) is 21.9 Å². The molecule has 1 saturated heterocycles. The quantitative estimate of drug-likeness (QED) is 0.915. The van der Waals surface area contributed by atoms with Crippen molar-refractivity contribution >= 4 is 27.4 Å². The summed E-state index contributed by atoms with van der Waals surface area (Å²) in [5.41, 5.74) is 0.604. The van der Waals surface area contributed by atoms with Gasteiger partial charge >= 0.3 is 5.97 Å². The van der Waals surface area contributed by atoms with Gasteiger partial charge in [0.25, 0.3) is 5.56 Å². The summed E-state index contributed by atoms with van der Waals surface area (Å²) in [6.45, 7) is 3.24. The molecule has 0 radical (unpaired) electrons. The molecule has 0 spiro atoms. The molecule has 0 saturated carbocycles. The molecule has 2 aromatic heterocycles. The van der Waals surface area contributed by atoms with Gasteiger partial charge in [0.05, 0.1) is 5.92 Å². The molecule has 0 amide bonds. The molecule has 0 bridgehead atoms. The van der Waals surface area contributed by atoms with Crippen molar-refractivity contribution in [1.82, 2.24) is 14.6 Å². The number of aliphatic carboxylic acids is 1. The predicted octanol–water partition coefficient (Wildman–Crippen LogP) is 1.40. The number of hydrogen-bond donors (Lipinski definition) is 1. The number of nitrogens with zero attached hydrogens (tertiary/aromatic N) is 4. The third-order valence-electron chi connectivity index (χ3n) is 3.83. The van der Waals surface area contributed by atoms with E-state index in [2.05, 4.69) is 10.1 Å². The van der Waals surface area contributed by atoms with E-state index in [0.29, 0.717) is 23.1 Å². The van der Waals surface area contributed by atoms with Crippen molar-refractivity contribution in [3.63, 3.8) is 0 Å². The Labute approximate surface area is 131 Å². The van der Waals surface area contributed by atoms with Crippen LogP contribution in [0.25, 0.3) is 4.96 Å². The highest BCUT2D eigenvalue weighted by atomic mass is 32.1. The topological polar surface area (TPSA) is 87.8 Å². The van der Waals surface area contributed by atoms with Crippen LogP contribution in [-0.2, 0) is 11.2 Å². The summed E-state index contributed by atoms with van der Waals surface area (Å²) in [4.78, 5) is 30.2. The van der Waals surface area contributed by atoms with Crippen LogP contribution in [0.4, 0.5) is 5.13 Å². The number of aromatic nitrogens is 3. The molecule has 7 nitrogen and oxygen atoms in total. The van der Waals surface area contributed by atoms with Gasteiger partial charge in [-0.1, -0.05) is 24.7 Å². The van der Waals surface area contributed by atoms with Gasteiger partial charge in [-0.05, 0) is 19.3 Å². The Morgan fingerprint density at radius 3 is 3.09 bits per heavy atom. The van der Waals surface area contributed by atoms with Crippen LogP contribution in [-0.4, -0.2) is 38.8 Å². The number of carboxylic acid groups (broad SMARTS) is 1. The second-order valence-corrected chi connectivity index (χ2v) is 6.47. The van der Waals surface area contributed by atoms with E-state index in [1.54, 1.807) is 0 Å². The Hall–Kier alpha value is -1.96. The largest absolute Gasteiger partial charge is 0.481 e. The average Bonchev–Trinajstić information content (AvgIpc) is 2.92. The van der Waals surface area contributed by atoms with Gasteiger partial charge in [0.2, 0.25) is 10.1 Å². The molecular weight excluding hydrogens is 304 g/mol. The van der Waals surface area contributed by atoms with Crippen LogP contribution in [0.15, 0.2) is 10.9 Å². The second-order valence-electron chi connectivity index (χ2n) is 5.54. The summed E-state index contributed by atoms with van der Waals surface area (Å²) in [5.74, 6) is -1.15. The zero-order valence-electron chi connectivity index (χ0n) is 12.4. The number of aryl methyl sites for hydroxylation is 1. The van der Waals surface area contributed by atoms with Crippen molar-refractivity contribution in [1.29, 1.82) is 0 Å². The lowest BCUT2D eigenvalue weighted by atomic mass is 9.99. The molecule has 22 heavy (non-hydrogen) atoms. The lowest BCUT2D eigenvalue weighted by Gasteiger charge is -2.29. The van der Waals surface area contributed by atoms with Crippen LogP contribution in [0.2, 0.25) is 0 Å². The normalized spacial score (nSPS) is 18.8. The number of piperidine rings is 1. The summed E-state index contributed by atoms with van der Waals surface area (Å²) in [6, 6.07) is 1.52. The highest BCUT2D eigenvalue weighted by Gasteiger charge is 2.27. The van der Waals surface area contributed by atoms with Gasteiger partial charge in [0.15, 0.2) is 0 Å². The number of hydrogen-bond acceptors (Lipinski definition) is 6. The van der Waals surface area contributed by atoms with E-state index in [9.17, 15) is 14.7 Å². The summed E-state index contributed by atoms with van der Waals surface area (Å²) >= 11 is 1.35. The molecule has 1 aliphatic heterocycles. The minimum Gasteiger partial charge on any atom is -0.481 e. The van der Waals surface area contributed by atoms with Crippen molar-refractivity contribution < 1.29 is 9.90 Å². The molecular formula is C14H18N4O3S. The molecule has 1 unspecified atom stereocenters. The molecule has 1 aliphatic rings. The van der Waals surface area contributed by atoms with Crippen molar-refractivity contribution in [2.45, 2.75) is 32.6 Å². The SMILES string of the molecule is CCCc1cc(=O)n2nc(N3CCCC(C(=O)O)C3)sc2n1. The summed E-state index contributed by atoms with van der Waals surface area (Å²) in [5, 5.41) is 14.2. The fraction of sp³-hybridized carbons (Fsp3) is 0.571. The average molecular weight is 322 g/mol. The Morgan fingerprint density at radius 1 is 1.55 bits per heavy atom. The zero-order chi connectivity index (χ0) is 15.7. The van der Waals surface area contributed by atoms with Gasteiger partial charge in [0.1, 0.15) is 0 Å². The number of rotatable bonds is 4. The highest BCUT2D eigenvalue weighted by molar-refractivity contribution is 7.20. The second kappa shape index (κ2) is 6.04. The Bertz CT molecular complexity index is 754. The monoisotopic (exact) mass is 322 g/mol. The lowest BCUT2D eigenvalue weighted by molar-refractivity contribution is -0.141. The standard InChI is InChI=1S/C14H18N4O3S/c1-2-4-10-7-11(19)18-13(15-10)22-14(16-18)17-6-3-5-9(8-17)12(20)21/h7,9H,2-6,8H2,1H3,(H,20,21). The first kappa shape index (κ1) is 15.0. The zero-order valence-corrected chi connectivity index (χ0v) is 13.2. The van der Waals surface area contributed by atoms with Gasteiger partial charge in [-0.2, -0.15) is 4.52 Å². The van der Waals surface area contributed by atoms with Crippen LogP contribution in [0, 0.1) is 5.92 Å². The van der Waals surface area contributed by atoms with Crippen molar-refractivity contribution in [2.75, 3.05) is 18.0 Å². The van der Waals surface area contributed by atoms with Crippen LogP contribution < -0.4 is 10.5 Å². The lowest BCUT2D eigenvalue weighted by Crippen LogP contribution is -2.38. The Morgan fingerprint density at radius 2 is 2.36 bits per heavy atom. The highest BCUT2D eigenvalue weighted by Crippen LogP contribution is 2.26. The molecule has 3 rings (SSSR count). The first-order chi connectivity index (χ1) is 10.6. The van der Waals surface area contributed by atoms with Gasteiger partial charge < -0.3 is 10.0 Å². The summed E-state index contributed by atoms with van der Waals surface area (Å²) in [7, 11) is 0. The van der Waals surface area contributed by atoms with Crippen LogP contribution in [0.3, 0.4) is 0 Å². The summed E-state index contributed by atoms with van der Waals surface area (Å²) in [6.07, 6.45) is 3.20. The molecule has 0 aliphatic carbocycles. The van der Waals surface area contributed by atoms with Crippen LogP contribution in [0.1, 0.15) is 31.9 Å². The van der Waals surface area contributed by atoms with Crippen molar-refractivity contribution in [3.8, 4) is 0 Å². The van der Waals surface area contributed by atoms with Gasteiger partial charge in [0, 0.05) is 24.8 Å². The number of anilines is 1. The maximum atomic E-state index is 12.1. The minimum absolute atomic E-state index is 0.178. The third kappa shape index (κ3) is 2.83. The molecule has 1 N–H and O–H groups in total. The van der Waals surface area contributed by atoms with Gasteiger partial charge in [-0.3, -0.25) is 9.59 Å². The van der Waals surface area contributed by atoms with Gasteiger partial charge in [-0.25, -0.2) is 4.98 Å². The number of carboxylic acids is 1. The van der Waals surface area contributed by atoms with E-state index < -0.39 is 5.97 Å². The van der Waals surface area contributed by atoms with E-state index in [1.807, 2.05) is 11.8 Å². The first-order valence-electron chi connectivity index (χ1n) is 7.46. The molecule has 1 fully saturated rings. The molecule has 118 valence electrons.